The lowest BCUT2D eigenvalue weighted by Gasteiger charge is -2.14. The average molecular weight is 270 g/mol. The second-order valence-corrected chi connectivity index (χ2v) is 3.83. The first-order valence-electron chi connectivity index (χ1n) is 5.04. The maximum atomic E-state index is 11.9. The molecule has 18 heavy (non-hydrogen) atoms. The number of hydrogen-bond acceptors (Lipinski definition) is 5. The van der Waals surface area contributed by atoms with E-state index in [2.05, 4.69) is 21.1 Å². The van der Waals surface area contributed by atoms with E-state index < -0.39 is 17.6 Å². The van der Waals surface area contributed by atoms with E-state index in [0.717, 1.165) is 4.68 Å². The fraction of sp³-hybridized carbons (Fsp3) is 0.364. The van der Waals surface area contributed by atoms with Crippen molar-refractivity contribution < 1.29 is 9.53 Å². The molecule has 1 unspecified atom stereocenters. The lowest BCUT2D eigenvalue weighted by molar-refractivity contribution is -0.141. The Labute approximate surface area is 109 Å². The number of carbonyl (C=O) groups excluding carboxylic acids is 1. The molecule has 1 rings (SSSR count). The molecule has 0 aliphatic heterocycles. The predicted molar refractivity (Wildman–Crippen MR) is 67.4 cm³/mol. The van der Waals surface area contributed by atoms with E-state index in [-0.39, 0.29) is 17.3 Å². The van der Waals surface area contributed by atoms with Crippen LogP contribution < -0.4 is 10.9 Å². The van der Waals surface area contributed by atoms with Gasteiger partial charge in [0.15, 0.2) is 0 Å². The van der Waals surface area contributed by atoms with E-state index in [9.17, 15) is 9.59 Å². The summed E-state index contributed by atoms with van der Waals surface area (Å²) in [6.45, 7) is 1.57. The molecule has 0 bridgehead atoms. The highest BCUT2D eigenvalue weighted by Crippen LogP contribution is 2.16. The number of nitrogens with one attached hydrogen (secondary N) is 1. The quantitative estimate of drug-likeness (QED) is 0.637. The number of esters is 1. The minimum Gasteiger partial charge on any atom is -0.467 e. The number of anilines is 1. The lowest BCUT2D eigenvalue weighted by Crippen LogP contribution is -2.33. The highest BCUT2D eigenvalue weighted by Gasteiger charge is 2.17. The summed E-state index contributed by atoms with van der Waals surface area (Å²) in [6.07, 6.45) is 6.40. The minimum atomic E-state index is -0.707. The van der Waals surface area contributed by atoms with Gasteiger partial charge in [0.05, 0.1) is 18.3 Å². The highest BCUT2D eigenvalue weighted by atomic mass is 35.5. The molecular formula is C11H12ClN3O3. The normalized spacial score (nSPS) is 11.4. The zero-order valence-corrected chi connectivity index (χ0v) is 10.7. The number of hydrogen-bond donors (Lipinski definition) is 1. The average Bonchev–Trinajstić information content (AvgIpc) is 2.36. The van der Waals surface area contributed by atoms with E-state index in [4.69, 9.17) is 18.0 Å². The van der Waals surface area contributed by atoms with E-state index >= 15 is 0 Å². The fourth-order valence-electron chi connectivity index (χ4n) is 1.25. The van der Waals surface area contributed by atoms with Gasteiger partial charge in [-0.3, -0.25) is 4.79 Å². The second-order valence-electron chi connectivity index (χ2n) is 3.42. The third-order valence-electron chi connectivity index (χ3n) is 2.15. The first kappa shape index (κ1) is 14.1. The number of carbonyl (C=O) groups is 1. The summed E-state index contributed by atoms with van der Waals surface area (Å²) in [5.74, 6) is 1.79. The summed E-state index contributed by atoms with van der Waals surface area (Å²) in [4.78, 5) is 23.2. The van der Waals surface area contributed by atoms with Crippen molar-refractivity contribution in [1.82, 2.24) is 9.78 Å². The van der Waals surface area contributed by atoms with Crippen LogP contribution in [0.15, 0.2) is 11.0 Å². The van der Waals surface area contributed by atoms with Crippen LogP contribution in [0.3, 0.4) is 0 Å². The van der Waals surface area contributed by atoms with Crippen molar-refractivity contribution in [2.24, 2.45) is 0 Å². The monoisotopic (exact) mass is 269 g/mol. The topological polar surface area (TPSA) is 73.2 Å². The molecule has 0 aliphatic rings. The second kappa shape index (κ2) is 6.07. The van der Waals surface area contributed by atoms with Crippen molar-refractivity contribution >= 4 is 23.3 Å². The zero-order chi connectivity index (χ0) is 13.7. The Morgan fingerprint density at radius 1 is 1.78 bits per heavy atom. The number of methoxy groups -OCH3 is 1. The van der Waals surface area contributed by atoms with Crippen molar-refractivity contribution in [2.45, 2.75) is 19.5 Å². The number of ether oxygens (including phenoxy) is 1. The first-order chi connectivity index (χ1) is 8.51. The summed E-state index contributed by atoms with van der Waals surface area (Å²) >= 11 is 5.85. The molecule has 0 saturated heterocycles. The Balaban J connectivity index is 3.09. The van der Waals surface area contributed by atoms with Gasteiger partial charge in [0, 0.05) is 0 Å². The van der Waals surface area contributed by atoms with Crippen LogP contribution in [0.2, 0.25) is 5.02 Å². The number of nitrogens with zero attached hydrogens (tertiary/aromatic N) is 2. The largest absolute Gasteiger partial charge is 0.467 e. The van der Waals surface area contributed by atoms with Crippen molar-refractivity contribution in [1.29, 1.82) is 0 Å². The number of rotatable bonds is 4. The van der Waals surface area contributed by atoms with E-state index in [1.54, 1.807) is 6.92 Å². The third-order valence-corrected chi connectivity index (χ3v) is 2.44. The van der Waals surface area contributed by atoms with Gasteiger partial charge in [0.1, 0.15) is 18.3 Å². The number of aromatic nitrogens is 2. The summed E-state index contributed by atoms with van der Waals surface area (Å²) in [6, 6.07) is -0.707. The van der Waals surface area contributed by atoms with Crippen LogP contribution in [-0.4, -0.2) is 28.9 Å². The third kappa shape index (κ3) is 3.02. The Bertz CT molecular complexity index is 547. The molecule has 1 aromatic rings. The van der Waals surface area contributed by atoms with Crippen LogP contribution in [-0.2, 0) is 16.1 Å². The van der Waals surface area contributed by atoms with Crippen molar-refractivity contribution in [3.05, 3.63) is 21.6 Å². The van der Waals surface area contributed by atoms with Gasteiger partial charge >= 0.3 is 5.97 Å². The highest BCUT2D eigenvalue weighted by molar-refractivity contribution is 6.33. The summed E-state index contributed by atoms with van der Waals surface area (Å²) in [7, 11) is 1.26. The molecule has 96 valence electrons. The van der Waals surface area contributed by atoms with Crippen LogP contribution in [0.4, 0.5) is 5.69 Å². The van der Waals surface area contributed by atoms with Gasteiger partial charge in [-0.05, 0) is 6.92 Å². The first-order valence-corrected chi connectivity index (χ1v) is 5.42. The molecule has 1 heterocycles. The van der Waals surface area contributed by atoms with E-state index in [0.29, 0.717) is 0 Å². The summed E-state index contributed by atoms with van der Waals surface area (Å²) in [5.41, 5.74) is -0.420. The minimum absolute atomic E-state index is 0.0251. The van der Waals surface area contributed by atoms with Crippen molar-refractivity contribution in [3.8, 4) is 12.3 Å². The van der Waals surface area contributed by atoms with Crippen LogP contribution in [0.25, 0.3) is 0 Å². The molecule has 0 saturated carbocycles. The van der Waals surface area contributed by atoms with Crippen molar-refractivity contribution in [2.75, 3.05) is 12.4 Å². The van der Waals surface area contributed by atoms with Crippen LogP contribution in [0.5, 0.6) is 0 Å². The lowest BCUT2D eigenvalue weighted by atomic mass is 10.3. The standard InChI is InChI=1S/C11H12ClN3O3/c1-4-5-15-10(16)9(8(12)6-13-15)14-7(2)11(17)18-3/h1,6-7,14H,5H2,2-3H3. The smallest absolute Gasteiger partial charge is 0.327 e. The van der Waals surface area contributed by atoms with Gasteiger partial charge in [-0.15, -0.1) is 6.42 Å². The number of halogens is 1. The molecular weight excluding hydrogens is 258 g/mol. The predicted octanol–water partition coefficient (Wildman–Crippen LogP) is 0.503. The van der Waals surface area contributed by atoms with Gasteiger partial charge in [0.25, 0.3) is 5.56 Å². The molecule has 0 spiro atoms. The van der Waals surface area contributed by atoms with Gasteiger partial charge in [-0.25, -0.2) is 9.48 Å². The molecule has 6 nitrogen and oxygen atoms in total. The molecule has 1 atom stereocenters. The van der Waals surface area contributed by atoms with E-state index in [1.165, 1.54) is 13.3 Å². The Morgan fingerprint density at radius 3 is 3.00 bits per heavy atom. The molecule has 1 aromatic heterocycles. The molecule has 1 N–H and O–H groups in total. The molecule has 0 radical (unpaired) electrons. The fourth-order valence-corrected chi connectivity index (χ4v) is 1.43. The maximum Gasteiger partial charge on any atom is 0.327 e. The van der Waals surface area contributed by atoms with Gasteiger partial charge in [-0.2, -0.15) is 5.10 Å². The molecule has 7 heteroatoms. The summed E-state index contributed by atoms with van der Waals surface area (Å²) in [5, 5.41) is 6.57. The Hall–Kier alpha value is -2.00. The maximum absolute atomic E-state index is 11.9. The number of terminal acetylenes is 1. The molecule has 0 fully saturated rings. The zero-order valence-electron chi connectivity index (χ0n) is 9.94. The van der Waals surface area contributed by atoms with Crippen molar-refractivity contribution in [3.63, 3.8) is 0 Å². The van der Waals surface area contributed by atoms with Crippen LogP contribution >= 0.6 is 11.6 Å². The SMILES string of the molecule is C#CCn1ncc(Cl)c(NC(C)C(=O)OC)c1=O. The van der Waals surface area contributed by atoms with Crippen LogP contribution in [0.1, 0.15) is 6.92 Å². The summed E-state index contributed by atoms with van der Waals surface area (Å²) < 4.78 is 5.61. The van der Waals surface area contributed by atoms with Crippen LogP contribution in [0, 0.1) is 12.3 Å². The Morgan fingerprint density at radius 2 is 2.44 bits per heavy atom. The van der Waals surface area contributed by atoms with Gasteiger partial charge in [0.2, 0.25) is 0 Å². The molecule has 0 amide bonds. The van der Waals surface area contributed by atoms with Gasteiger partial charge < -0.3 is 10.1 Å². The van der Waals surface area contributed by atoms with Gasteiger partial charge in [-0.1, -0.05) is 17.5 Å². The molecule has 0 aliphatic carbocycles. The van der Waals surface area contributed by atoms with E-state index in [1.807, 2.05) is 0 Å². The molecule has 0 aromatic carbocycles. The Kier molecular flexibility index (Phi) is 4.75.